The van der Waals surface area contributed by atoms with Crippen molar-refractivity contribution in [2.24, 2.45) is 0 Å². The maximum Gasteiger partial charge on any atom is 0.165 e. The number of nitrogen functional groups attached to an aromatic ring is 1. The molecule has 0 saturated carbocycles. The van der Waals surface area contributed by atoms with Crippen LogP contribution in [0.15, 0.2) is 42.6 Å². The van der Waals surface area contributed by atoms with Crippen molar-refractivity contribution in [3.8, 4) is 5.69 Å². The molecule has 0 amide bonds. The summed E-state index contributed by atoms with van der Waals surface area (Å²) < 4.78 is 1.77. The second-order valence-electron chi connectivity index (χ2n) is 4.01. The van der Waals surface area contributed by atoms with Crippen LogP contribution in [0.1, 0.15) is 5.56 Å². The number of pyridine rings is 1. The Bertz CT molecular complexity index is 667. The smallest absolute Gasteiger partial charge is 0.165 e. The number of anilines is 1. The molecule has 0 aliphatic rings. The predicted octanol–water partition coefficient (Wildman–Crippen LogP) is 2.31. The largest absolute Gasteiger partial charge is 0.382 e. The minimum Gasteiger partial charge on any atom is -0.382 e. The first-order valence-electron chi connectivity index (χ1n) is 5.42. The van der Waals surface area contributed by atoms with Gasteiger partial charge in [0, 0.05) is 6.20 Å². The van der Waals surface area contributed by atoms with Crippen LogP contribution in [0.4, 0.5) is 5.82 Å². The summed E-state index contributed by atoms with van der Waals surface area (Å²) in [5, 5.41) is 5.20. The number of hydrogen-bond acceptors (Lipinski definition) is 3. The maximum absolute atomic E-state index is 5.87. The molecule has 2 N–H and O–H groups in total. The van der Waals surface area contributed by atoms with Gasteiger partial charge < -0.3 is 5.73 Å². The zero-order chi connectivity index (χ0) is 11.8. The molecular formula is C13H12N4. The van der Waals surface area contributed by atoms with Crippen LogP contribution in [0.25, 0.3) is 16.7 Å². The van der Waals surface area contributed by atoms with Gasteiger partial charge in [-0.2, -0.15) is 0 Å². The maximum atomic E-state index is 5.87. The average Bonchev–Trinajstić information content (AvgIpc) is 2.69. The highest BCUT2D eigenvalue weighted by Crippen LogP contribution is 2.21. The Balaban J connectivity index is 2.27. The monoisotopic (exact) mass is 224 g/mol. The van der Waals surface area contributed by atoms with E-state index in [1.54, 1.807) is 10.9 Å². The predicted molar refractivity (Wildman–Crippen MR) is 68.0 cm³/mol. The fraction of sp³-hybridized carbons (Fsp3) is 0.0769. The highest BCUT2D eigenvalue weighted by molar-refractivity contribution is 5.87. The van der Waals surface area contributed by atoms with Crippen molar-refractivity contribution in [2.45, 2.75) is 6.92 Å². The van der Waals surface area contributed by atoms with Gasteiger partial charge in [-0.15, -0.1) is 5.10 Å². The highest BCUT2D eigenvalue weighted by Gasteiger charge is 2.09. The van der Waals surface area contributed by atoms with Gasteiger partial charge in [0.05, 0.1) is 11.1 Å². The minimum absolute atomic E-state index is 0.508. The molecule has 0 spiro atoms. The van der Waals surface area contributed by atoms with Crippen molar-refractivity contribution in [2.75, 3.05) is 5.73 Å². The van der Waals surface area contributed by atoms with Gasteiger partial charge >= 0.3 is 0 Å². The van der Waals surface area contributed by atoms with Crippen molar-refractivity contribution >= 4 is 16.9 Å². The van der Waals surface area contributed by atoms with Crippen LogP contribution < -0.4 is 5.73 Å². The Morgan fingerprint density at radius 3 is 2.65 bits per heavy atom. The molecule has 0 unspecified atom stereocenters. The fourth-order valence-electron chi connectivity index (χ4n) is 1.84. The third kappa shape index (κ3) is 1.54. The van der Waals surface area contributed by atoms with Crippen molar-refractivity contribution < 1.29 is 0 Å². The van der Waals surface area contributed by atoms with Crippen molar-refractivity contribution in [3.63, 3.8) is 0 Å². The topological polar surface area (TPSA) is 56.7 Å². The Kier molecular flexibility index (Phi) is 2.08. The Morgan fingerprint density at radius 1 is 1.12 bits per heavy atom. The molecule has 0 aliphatic heterocycles. The van der Waals surface area contributed by atoms with Gasteiger partial charge in [0.25, 0.3) is 0 Å². The summed E-state index contributed by atoms with van der Waals surface area (Å²) in [4.78, 5) is 4.32. The van der Waals surface area contributed by atoms with E-state index in [1.807, 2.05) is 36.4 Å². The standard InChI is InChI=1S/C13H12N4/c1-9-4-6-10(7-5-9)17-13-11(12(14)16-17)3-2-8-15-13/h2-8H,1H3,(H2,14,16). The van der Waals surface area contributed by atoms with Gasteiger partial charge in [-0.1, -0.05) is 17.7 Å². The number of nitrogens with zero attached hydrogens (tertiary/aromatic N) is 3. The summed E-state index contributed by atoms with van der Waals surface area (Å²) in [6, 6.07) is 11.9. The molecule has 0 fully saturated rings. The van der Waals surface area contributed by atoms with Crippen LogP contribution in [0.2, 0.25) is 0 Å². The van der Waals surface area contributed by atoms with Gasteiger partial charge in [-0.3, -0.25) is 0 Å². The lowest BCUT2D eigenvalue weighted by atomic mass is 10.2. The van der Waals surface area contributed by atoms with Crippen molar-refractivity contribution in [1.82, 2.24) is 14.8 Å². The lowest BCUT2D eigenvalue weighted by Crippen LogP contribution is -1.98. The summed E-state index contributed by atoms with van der Waals surface area (Å²) in [5.41, 5.74) is 8.84. The first-order chi connectivity index (χ1) is 8.25. The number of hydrogen-bond donors (Lipinski definition) is 1. The Morgan fingerprint density at radius 2 is 1.88 bits per heavy atom. The van der Waals surface area contributed by atoms with E-state index >= 15 is 0 Å². The van der Waals surface area contributed by atoms with Crippen LogP contribution in [0.3, 0.4) is 0 Å². The molecule has 0 atom stereocenters. The number of fused-ring (bicyclic) bond motifs is 1. The molecule has 0 saturated heterocycles. The van der Waals surface area contributed by atoms with E-state index in [0.29, 0.717) is 5.82 Å². The summed E-state index contributed by atoms with van der Waals surface area (Å²) in [6.07, 6.45) is 1.74. The first-order valence-corrected chi connectivity index (χ1v) is 5.42. The third-order valence-electron chi connectivity index (χ3n) is 2.75. The van der Waals surface area contributed by atoms with Crippen LogP contribution in [0, 0.1) is 6.92 Å². The van der Waals surface area contributed by atoms with Gasteiger partial charge in [-0.25, -0.2) is 9.67 Å². The van der Waals surface area contributed by atoms with Gasteiger partial charge in [-0.05, 0) is 31.2 Å². The summed E-state index contributed by atoms with van der Waals surface area (Å²) in [5.74, 6) is 0.508. The molecule has 1 aromatic carbocycles. The molecule has 2 aromatic heterocycles. The summed E-state index contributed by atoms with van der Waals surface area (Å²) in [7, 11) is 0. The molecule has 84 valence electrons. The second-order valence-corrected chi connectivity index (χ2v) is 4.01. The molecule has 2 heterocycles. The second kappa shape index (κ2) is 3.59. The number of rotatable bonds is 1. The number of aromatic nitrogens is 3. The first kappa shape index (κ1) is 9.84. The molecular weight excluding hydrogens is 212 g/mol. The van der Waals surface area contributed by atoms with E-state index in [2.05, 4.69) is 17.0 Å². The van der Waals surface area contributed by atoms with Crippen molar-refractivity contribution in [1.29, 1.82) is 0 Å². The molecule has 4 nitrogen and oxygen atoms in total. The van der Waals surface area contributed by atoms with E-state index in [0.717, 1.165) is 16.7 Å². The van der Waals surface area contributed by atoms with E-state index < -0.39 is 0 Å². The zero-order valence-electron chi connectivity index (χ0n) is 9.46. The Labute approximate surface area is 98.7 Å². The SMILES string of the molecule is Cc1ccc(-n2nc(N)c3cccnc32)cc1. The van der Waals surface area contributed by atoms with Gasteiger partial charge in [0.15, 0.2) is 11.5 Å². The summed E-state index contributed by atoms with van der Waals surface area (Å²) in [6.45, 7) is 2.05. The molecule has 4 heteroatoms. The number of benzene rings is 1. The zero-order valence-corrected chi connectivity index (χ0v) is 9.46. The third-order valence-corrected chi connectivity index (χ3v) is 2.75. The van der Waals surface area contributed by atoms with E-state index in [-0.39, 0.29) is 0 Å². The fourth-order valence-corrected chi connectivity index (χ4v) is 1.84. The minimum atomic E-state index is 0.508. The lowest BCUT2D eigenvalue weighted by molar-refractivity contribution is 0.902. The molecule has 3 rings (SSSR count). The molecule has 17 heavy (non-hydrogen) atoms. The average molecular weight is 224 g/mol. The quantitative estimate of drug-likeness (QED) is 0.690. The number of aryl methyl sites for hydroxylation is 1. The van der Waals surface area contributed by atoms with Crippen molar-refractivity contribution in [3.05, 3.63) is 48.2 Å². The molecule has 0 radical (unpaired) electrons. The van der Waals surface area contributed by atoms with Crippen LogP contribution in [-0.2, 0) is 0 Å². The number of nitrogens with two attached hydrogens (primary N) is 1. The normalized spacial score (nSPS) is 10.9. The lowest BCUT2D eigenvalue weighted by Gasteiger charge is -2.02. The molecule has 0 bridgehead atoms. The van der Waals surface area contributed by atoms with E-state index in [9.17, 15) is 0 Å². The summed E-state index contributed by atoms with van der Waals surface area (Å²) >= 11 is 0. The van der Waals surface area contributed by atoms with Gasteiger partial charge in [0.1, 0.15) is 0 Å². The Hall–Kier alpha value is -2.36. The van der Waals surface area contributed by atoms with E-state index in [1.165, 1.54) is 5.56 Å². The van der Waals surface area contributed by atoms with Crippen LogP contribution in [0.5, 0.6) is 0 Å². The van der Waals surface area contributed by atoms with Crippen LogP contribution in [-0.4, -0.2) is 14.8 Å². The van der Waals surface area contributed by atoms with Gasteiger partial charge in [0.2, 0.25) is 0 Å². The molecule has 0 aliphatic carbocycles. The highest BCUT2D eigenvalue weighted by atomic mass is 15.3. The van der Waals surface area contributed by atoms with E-state index in [4.69, 9.17) is 5.73 Å². The molecule has 3 aromatic rings. The van der Waals surface area contributed by atoms with Crippen LogP contribution >= 0.6 is 0 Å².